The molecule has 31 heavy (non-hydrogen) atoms. The molecule has 2 aromatic rings. The quantitative estimate of drug-likeness (QED) is 0.464. The molecule has 0 radical (unpaired) electrons. The van der Waals surface area contributed by atoms with Crippen molar-refractivity contribution in [3.8, 4) is 0 Å². The van der Waals surface area contributed by atoms with Crippen molar-refractivity contribution < 1.29 is 23.6 Å². The van der Waals surface area contributed by atoms with E-state index < -0.39 is 33.7 Å². The molecule has 0 saturated heterocycles. The van der Waals surface area contributed by atoms with E-state index in [1.165, 1.54) is 7.11 Å². The van der Waals surface area contributed by atoms with Crippen LogP contribution in [0, 0.1) is 0 Å². The first-order chi connectivity index (χ1) is 14.5. The van der Waals surface area contributed by atoms with Gasteiger partial charge >= 0.3 is 12.1 Å². The fraction of sp³-hybridized carbons (Fsp3) is 0.391. The highest BCUT2D eigenvalue weighted by molar-refractivity contribution is 7.90. The number of amides is 1. The molecule has 168 valence electrons. The van der Waals surface area contributed by atoms with Gasteiger partial charge in [-0.2, -0.15) is 0 Å². The van der Waals surface area contributed by atoms with Gasteiger partial charge in [0.15, 0.2) is 0 Å². The summed E-state index contributed by atoms with van der Waals surface area (Å²) in [5.41, 5.74) is 1.08. The van der Waals surface area contributed by atoms with Crippen LogP contribution in [0.5, 0.6) is 0 Å². The number of hydrogen-bond donors (Lipinski definition) is 2. The highest BCUT2D eigenvalue weighted by Gasteiger charge is 2.39. The van der Waals surface area contributed by atoms with Crippen molar-refractivity contribution in [2.75, 3.05) is 12.4 Å². The van der Waals surface area contributed by atoms with E-state index in [-0.39, 0.29) is 13.0 Å². The Morgan fingerprint density at radius 3 is 2.32 bits per heavy atom. The highest BCUT2D eigenvalue weighted by Crippen LogP contribution is 2.30. The van der Waals surface area contributed by atoms with Crippen molar-refractivity contribution >= 4 is 29.1 Å². The van der Waals surface area contributed by atoms with E-state index in [4.69, 9.17) is 9.47 Å². The molecule has 2 N–H and O–H groups in total. The Morgan fingerprint density at radius 1 is 1.03 bits per heavy atom. The van der Waals surface area contributed by atoms with E-state index in [9.17, 15) is 14.1 Å². The lowest BCUT2D eigenvalue weighted by Gasteiger charge is -2.34. The van der Waals surface area contributed by atoms with Gasteiger partial charge in [0.1, 0.15) is 11.4 Å². The molecule has 0 bridgehead atoms. The predicted molar refractivity (Wildman–Crippen MR) is 122 cm³/mol. The van der Waals surface area contributed by atoms with Crippen molar-refractivity contribution in [1.29, 1.82) is 0 Å². The zero-order valence-electron chi connectivity index (χ0n) is 18.6. The molecular formula is C23H30N2O5S. The molecule has 2 unspecified atom stereocenters. The van der Waals surface area contributed by atoms with Crippen molar-refractivity contribution in [2.24, 2.45) is 0 Å². The molecule has 1 amide bonds. The predicted octanol–water partition coefficient (Wildman–Crippen LogP) is 4.27. The molecule has 8 heteroatoms. The standard InChI is InChI=1S/C23H30N2O5S/c1-22(2,3)31(28)25-23(4,15-20(26)29-5)18-12-9-13-19(14-18)24-21(27)30-16-17-10-7-6-8-11-17/h6-14,25H,15-16H2,1-5H3,(H,24,27). The molecule has 7 nitrogen and oxygen atoms in total. The second-order valence-corrected chi connectivity index (χ2v) is 10.3. The Labute approximate surface area is 186 Å². The second kappa shape index (κ2) is 10.7. The van der Waals surface area contributed by atoms with Crippen molar-refractivity contribution in [2.45, 2.75) is 51.0 Å². The van der Waals surface area contributed by atoms with Gasteiger partial charge in [-0.25, -0.2) is 4.79 Å². The van der Waals surface area contributed by atoms with Crippen LogP contribution in [0.2, 0.25) is 0 Å². The van der Waals surface area contributed by atoms with Gasteiger partial charge in [-0.1, -0.05) is 42.5 Å². The SMILES string of the molecule is COC(=O)CC(C)(N[S+]([O-])C(C)(C)C)c1cccc(NC(=O)OCc2ccccc2)c1. The van der Waals surface area contributed by atoms with Crippen LogP contribution >= 0.6 is 0 Å². The largest absolute Gasteiger partial charge is 0.598 e. The summed E-state index contributed by atoms with van der Waals surface area (Å²) in [5.74, 6) is -0.443. The Kier molecular flexibility index (Phi) is 8.50. The number of methoxy groups -OCH3 is 1. The maximum absolute atomic E-state index is 12.8. The molecule has 2 aromatic carbocycles. The van der Waals surface area contributed by atoms with Crippen LogP contribution in [0.3, 0.4) is 0 Å². The zero-order chi connectivity index (χ0) is 23.1. The van der Waals surface area contributed by atoms with Crippen LogP contribution in [0.4, 0.5) is 10.5 Å². The summed E-state index contributed by atoms with van der Waals surface area (Å²) in [7, 11) is 1.31. The normalized spacial score (nSPS) is 14.3. The number of rotatable bonds is 8. The van der Waals surface area contributed by atoms with E-state index in [0.29, 0.717) is 11.3 Å². The molecule has 2 atom stereocenters. The molecule has 2 rings (SSSR count). The Bertz CT molecular complexity index is 885. The third-order valence-electron chi connectivity index (χ3n) is 4.56. The monoisotopic (exact) mass is 446 g/mol. The summed E-state index contributed by atoms with van der Waals surface area (Å²) in [4.78, 5) is 24.3. The number of esters is 1. The Hall–Kier alpha value is -2.55. The molecule has 0 aliphatic heterocycles. The zero-order valence-corrected chi connectivity index (χ0v) is 19.4. The maximum atomic E-state index is 12.8. The lowest BCUT2D eigenvalue weighted by atomic mass is 9.89. The number of benzene rings is 2. The van der Waals surface area contributed by atoms with Crippen LogP contribution in [-0.2, 0) is 37.8 Å². The number of hydrogen-bond acceptors (Lipinski definition) is 6. The molecule has 0 fully saturated rings. The van der Waals surface area contributed by atoms with Crippen LogP contribution < -0.4 is 10.0 Å². The Balaban J connectivity index is 2.17. The summed E-state index contributed by atoms with van der Waals surface area (Å²) < 4.78 is 25.4. The van der Waals surface area contributed by atoms with Crippen LogP contribution in [0.1, 0.15) is 45.2 Å². The van der Waals surface area contributed by atoms with E-state index >= 15 is 0 Å². The average Bonchev–Trinajstić information content (AvgIpc) is 2.72. The Morgan fingerprint density at radius 2 is 1.71 bits per heavy atom. The van der Waals surface area contributed by atoms with E-state index in [1.54, 1.807) is 31.2 Å². The van der Waals surface area contributed by atoms with Crippen molar-refractivity contribution in [1.82, 2.24) is 4.72 Å². The molecule has 0 aliphatic rings. The lowest BCUT2D eigenvalue weighted by molar-refractivity contribution is -0.142. The fourth-order valence-corrected chi connectivity index (χ4v) is 3.64. The fourth-order valence-electron chi connectivity index (χ4n) is 2.73. The van der Waals surface area contributed by atoms with Gasteiger partial charge in [0.05, 0.1) is 19.1 Å². The smallest absolute Gasteiger partial charge is 0.411 e. The third kappa shape index (κ3) is 7.57. The van der Waals surface area contributed by atoms with Gasteiger partial charge < -0.3 is 14.0 Å². The van der Waals surface area contributed by atoms with E-state index in [2.05, 4.69) is 10.0 Å². The minimum absolute atomic E-state index is 0.0345. The minimum Gasteiger partial charge on any atom is -0.598 e. The maximum Gasteiger partial charge on any atom is 0.411 e. The van der Waals surface area contributed by atoms with Gasteiger partial charge in [0.25, 0.3) is 0 Å². The van der Waals surface area contributed by atoms with Crippen LogP contribution in [0.25, 0.3) is 0 Å². The molecule has 0 aromatic heterocycles. The first kappa shape index (κ1) is 24.7. The van der Waals surface area contributed by atoms with E-state index in [1.807, 2.05) is 51.1 Å². The molecule has 0 aliphatic carbocycles. The number of carbonyl (C=O) groups excluding carboxylic acids is 2. The first-order valence-electron chi connectivity index (χ1n) is 9.88. The molecule has 0 spiro atoms. The van der Waals surface area contributed by atoms with Gasteiger partial charge in [0, 0.05) is 17.0 Å². The van der Waals surface area contributed by atoms with Crippen molar-refractivity contribution in [3.05, 3.63) is 65.7 Å². The summed E-state index contributed by atoms with van der Waals surface area (Å²) >= 11 is -1.44. The van der Waals surface area contributed by atoms with Crippen molar-refractivity contribution in [3.63, 3.8) is 0 Å². The summed E-state index contributed by atoms with van der Waals surface area (Å²) in [6.45, 7) is 7.46. The third-order valence-corrected chi connectivity index (χ3v) is 6.31. The minimum atomic E-state index is -1.44. The summed E-state index contributed by atoms with van der Waals surface area (Å²) in [6, 6.07) is 16.4. The number of nitrogens with one attached hydrogen (secondary N) is 2. The topological polar surface area (TPSA) is 99.7 Å². The average molecular weight is 447 g/mol. The van der Waals surface area contributed by atoms with Crippen LogP contribution in [0.15, 0.2) is 54.6 Å². The second-order valence-electron chi connectivity index (χ2n) is 8.34. The van der Waals surface area contributed by atoms with Gasteiger partial charge in [-0.15, -0.1) is 4.72 Å². The summed E-state index contributed by atoms with van der Waals surface area (Å²) in [6.07, 6.45) is -0.630. The van der Waals surface area contributed by atoms with Gasteiger partial charge in [-0.3, -0.25) is 10.1 Å². The molecule has 0 heterocycles. The number of ether oxygens (including phenoxy) is 2. The lowest BCUT2D eigenvalue weighted by Crippen LogP contribution is -2.51. The highest BCUT2D eigenvalue weighted by atomic mass is 32.2. The van der Waals surface area contributed by atoms with Crippen LogP contribution in [-0.4, -0.2) is 28.5 Å². The molecular weight excluding hydrogens is 416 g/mol. The number of anilines is 1. The number of carbonyl (C=O) groups is 2. The summed E-state index contributed by atoms with van der Waals surface area (Å²) in [5, 5.41) is 2.69. The first-order valence-corrected chi connectivity index (χ1v) is 11.0. The van der Waals surface area contributed by atoms with Gasteiger partial charge in [-0.05, 0) is 51.0 Å². The molecule has 0 saturated carbocycles. The van der Waals surface area contributed by atoms with Gasteiger partial charge in [0.2, 0.25) is 0 Å². The van der Waals surface area contributed by atoms with E-state index in [0.717, 1.165) is 5.56 Å².